The van der Waals surface area contributed by atoms with Gasteiger partial charge in [0.2, 0.25) is 0 Å². The van der Waals surface area contributed by atoms with Crippen molar-refractivity contribution in [3.8, 4) is 5.75 Å². The summed E-state index contributed by atoms with van der Waals surface area (Å²) >= 11 is 0. The van der Waals surface area contributed by atoms with Crippen LogP contribution in [0.5, 0.6) is 5.75 Å². The van der Waals surface area contributed by atoms with Crippen LogP contribution in [0.3, 0.4) is 0 Å². The topological polar surface area (TPSA) is 81.9 Å². The van der Waals surface area contributed by atoms with Gasteiger partial charge in [0, 0.05) is 18.8 Å². The van der Waals surface area contributed by atoms with Gasteiger partial charge < -0.3 is 20.1 Å². The number of hydrogen-bond acceptors (Lipinski definition) is 5. The molecule has 2 rings (SSSR count). The van der Waals surface area contributed by atoms with E-state index in [0.29, 0.717) is 30.1 Å². The molecule has 2 N–H and O–H groups in total. The third-order valence-electron chi connectivity index (χ3n) is 3.90. The summed E-state index contributed by atoms with van der Waals surface area (Å²) in [5.41, 5.74) is 6.62. The molecule has 114 valence electrons. The summed E-state index contributed by atoms with van der Waals surface area (Å²) in [7, 11) is 2.85. The van der Waals surface area contributed by atoms with Crippen LogP contribution in [0.15, 0.2) is 18.2 Å². The molecular weight excluding hydrogens is 272 g/mol. The first-order valence-electron chi connectivity index (χ1n) is 6.79. The second kappa shape index (κ2) is 6.03. The van der Waals surface area contributed by atoms with E-state index in [2.05, 4.69) is 0 Å². The number of anilines is 1. The van der Waals surface area contributed by atoms with Crippen LogP contribution >= 0.6 is 0 Å². The Labute approximate surface area is 123 Å². The zero-order chi connectivity index (χ0) is 15.6. The van der Waals surface area contributed by atoms with E-state index in [1.165, 1.54) is 14.2 Å². The average Bonchev–Trinajstić information content (AvgIpc) is 2.87. The number of carbonyl (C=O) groups excluding carboxylic acids is 2. The van der Waals surface area contributed by atoms with Crippen LogP contribution < -0.4 is 10.5 Å². The van der Waals surface area contributed by atoms with Crippen molar-refractivity contribution in [2.24, 2.45) is 11.8 Å². The minimum atomic E-state index is -0.296. The lowest BCUT2D eigenvalue weighted by Gasteiger charge is -2.19. The van der Waals surface area contributed by atoms with E-state index in [4.69, 9.17) is 15.2 Å². The van der Waals surface area contributed by atoms with Crippen LogP contribution in [0.25, 0.3) is 0 Å². The summed E-state index contributed by atoms with van der Waals surface area (Å²) in [6, 6.07) is 5.09. The van der Waals surface area contributed by atoms with E-state index < -0.39 is 0 Å². The lowest BCUT2D eigenvalue weighted by molar-refractivity contribution is -0.146. The van der Waals surface area contributed by atoms with Crippen molar-refractivity contribution >= 4 is 17.6 Å². The Morgan fingerprint density at radius 1 is 1.29 bits per heavy atom. The number of benzene rings is 1. The molecule has 6 nitrogen and oxygen atoms in total. The SMILES string of the molecule is COC(=O)C1CN(C(=O)c2c(N)cccc2OC)CC1C. The van der Waals surface area contributed by atoms with Gasteiger partial charge in [0.05, 0.1) is 20.1 Å². The van der Waals surface area contributed by atoms with E-state index in [0.717, 1.165) is 0 Å². The predicted octanol–water partition coefficient (Wildman–Crippen LogP) is 1.16. The normalized spacial score (nSPS) is 21.2. The van der Waals surface area contributed by atoms with Crippen LogP contribution in [0.1, 0.15) is 17.3 Å². The number of esters is 1. The number of nitrogens with zero attached hydrogens (tertiary/aromatic N) is 1. The minimum absolute atomic E-state index is 0.0531. The zero-order valence-corrected chi connectivity index (χ0v) is 12.5. The molecule has 1 aliphatic rings. The summed E-state index contributed by atoms with van der Waals surface area (Å²) in [6.45, 7) is 2.76. The highest BCUT2D eigenvalue weighted by molar-refractivity contribution is 6.02. The first-order chi connectivity index (χ1) is 9.99. The monoisotopic (exact) mass is 292 g/mol. The number of carbonyl (C=O) groups is 2. The van der Waals surface area contributed by atoms with Gasteiger partial charge in [-0.15, -0.1) is 0 Å². The van der Waals surface area contributed by atoms with Crippen LogP contribution in [-0.2, 0) is 9.53 Å². The zero-order valence-electron chi connectivity index (χ0n) is 12.5. The van der Waals surface area contributed by atoms with Crippen molar-refractivity contribution in [2.45, 2.75) is 6.92 Å². The molecule has 2 atom stereocenters. The van der Waals surface area contributed by atoms with E-state index in [-0.39, 0.29) is 23.7 Å². The fourth-order valence-corrected chi connectivity index (χ4v) is 2.70. The van der Waals surface area contributed by atoms with Gasteiger partial charge in [0.25, 0.3) is 5.91 Å². The maximum atomic E-state index is 12.7. The second-order valence-corrected chi connectivity index (χ2v) is 5.24. The largest absolute Gasteiger partial charge is 0.496 e. The lowest BCUT2D eigenvalue weighted by Crippen LogP contribution is -2.31. The molecule has 1 aromatic carbocycles. The molecule has 0 saturated carbocycles. The molecule has 1 aromatic rings. The van der Waals surface area contributed by atoms with Crippen LogP contribution in [-0.4, -0.2) is 44.1 Å². The summed E-state index contributed by atoms with van der Waals surface area (Å²) in [5.74, 6) is -0.310. The molecule has 2 unspecified atom stereocenters. The fraction of sp³-hybridized carbons (Fsp3) is 0.467. The minimum Gasteiger partial charge on any atom is -0.496 e. The summed E-state index contributed by atoms with van der Waals surface area (Å²) < 4.78 is 9.99. The number of likely N-dealkylation sites (tertiary alicyclic amines) is 1. The fourth-order valence-electron chi connectivity index (χ4n) is 2.70. The maximum Gasteiger partial charge on any atom is 0.310 e. The smallest absolute Gasteiger partial charge is 0.310 e. The van der Waals surface area contributed by atoms with E-state index in [1.807, 2.05) is 6.92 Å². The van der Waals surface area contributed by atoms with Crippen molar-refractivity contribution in [3.63, 3.8) is 0 Å². The molecule has 1 saturated heterocycles. The third-order valence-corrected chi connectivity index (χ3v) is 3.90. The Morgan fingerprint density at radius 3 is 2.62 bits per heavy atom. The van der Waals surface area contributed by atoms with Crippen molar-refractivity contribution < 1.29 is 19.1 Å². The molecule has 0 aliphatic carbocycles. The highest BCUT2D eigenvalue weighted by Crippen LogP contribution is 2.30. The molecule has 21 heavy (non-hydrogen) atoms. The second-order valence-electron chi connectivity index (χ2n) is 5.24. The summed E-state index contributed by atoms with van der Waals surface area (Å²) in [6.07, 6.45) is 0. The van der Waals surface area contributed by atoms with Crippen molar-refractivity contribution in [2.75, 3.05) is 33.0 Å². The number of rotatable bonds is 3. The number of nitrogens with two attached hydrogens (primary N) is 1. The Morgan fingerprint density at radius 2 is 2.00 bits per heavy atom. The van der Waals surface area contributed by atoms with Crippen molar-refractivity contribution in [1.29, 1.82) is 0 Å². The highest BCUT2D eigenvalue weighted by atomic mass is 16.5. The van der Waals surface area contributed by atoms with Gasteiger partial charge in [-0.1, -0.05) is 13.0 Å². The quantitative estimate of drug-likeness (QED) is 0.668. The van der Waals surface area contributed by atoms with Gasteiger partial charge in [-0.25, -0.2) is 0 Å². The van der Waals surface area contributed by atoms with Gasteiger partial charge in [-0.2, -0.15) is 0 Å². The van der Waals surface area contributed by atoms with E-state index >= 15 is 0 Å². The third kappa shape index (κ3) is 2.79. The van der Waals surface area contributed by atoms with E-state index in [1.54, 1.807) is 23.1 Å². The molecule has 0 bridgehead atoms. The number of hydrogen-bond donors (Lipinski definition) is 1. The van der Waals surface area contributed by atoms with Crippen molar-refractivity contribution in [3.05, 3.63) is 23.8 Å². The summed E-state index contributed by atoms with van der Waals surface area (Å²) in [4.78, 5) is 26.0. The maximum absolute atomic E-state index is 12.7. The Bertz CT molecular complexity index is 559. The van der Waals surface area contributed by atoms with E-state index in [9.17, 15) is 9.59 Å². The lowest BCUT2D eigenvalue weighted by atomic mass is 9.99. The van der Waals surface area contributed by atoms with Crippen LogP contribution in [0, 0.1) is 11.8 Å². The van der Waals surface area contributed by atoms with Gasteiger partial charge >= 0.3 is 5.97 Å². The van der Waals surface area contributed by atoms with Crippen molar-refractivity contribution in [1.82, 2.24) is 4.90 Å². The molecule has 1 heterocycles. The Balaban J connectivity index is 2.25. The molecular formula is C15H20N2O4. The number of ether oxygens (including phenoxy) is 2. The van der Waals surface area contributed by atoms with Gasteiger partial charge in [-0.3, -0.25) is 9.59 Å². The molecule has 1 aliphatic heterocycles. The standard InChI is InChI=1S/C15H20N2O4/c1-9-7-17(8-10(9)15(19)21-3)14(18)13-11(16)5-4-6-12(13)20-2/h4-6,9-10H,7-8,16H2,1-3H3. The van der Waals surface area contributed by atoms with Gasteiger partial charge in [0.1, 0.15) is 11.3 Å². The molecule has 6 heteroatoms. The first-order valence-corrected chi connectivity index (χ1v) is 6.79. The molecule has 1 amide bonds. The average molecular weight is 292 g/mol. The Hall–Kier alpha value is -2.24. The number of methoxy groups -OCH3 is 2. The van der Waals surface area contributed by atoms with Crippen LogP contribution in [0.4, 0.5) is 5.69 Å². The molecule has 1 fully saturated rings. The molecule has 0 radical (unpaired) electrons. The van der Waals surface area contributed by atoms with Gasteiger partial charge in [0.15, 0.2) is 0 Å². The highest BCUT2D eigenvalue weighted by Gasteiger charge is 2.38. The molecule has 0 aromatic heterocycles. The predicted molar refractivity (Wildman–Crippen MR) is 78.0 cm³/mol. The Kier molecular flexibility index (Phi) is 4.35. The first kappa shape index (κ1) is 15.2. The summed E-state index contributed by atoms with van der Waals surface area (Å²) in [5, 5.41) is 0. The number of nitrogen functional groups attached to an aromatic ring is 1. The van der Waals surface area contributed by atoms with Crippen LogP contribution in [0.2, 0.25) is 0 Å². The number of amides is 1. The van der Waals surface area contributed by atoms with Gasteiger partial charge in [-0.05, 0) is 18.1 Å². The molecule has 0 spiro atoms.